The maximum Gasteiger partial charge on any atom is 0.432 e. The molecule has 0 saturated heterocycles. The molecule has 0 radical (unpaired) electrons. The van der Waals surface area contributed by atoms with Crippen molar-refractivity contribution in [2.45, 2.75) is 63.6 Å². The summed E-state index contributed by atoms with van der Waals surface area (Å²) in [6.45, 7) is 2.07. The first-order valence-electron chi connectivity index (χ1n) is 13.6. The topological polar surface area (TPSA) is 27.7 Å². The molecule has 3 nitrogen and oxygen atoms in total. The van der Waals surface area contributed by atoms with Gasteiger partial charge in [0, 0.05) is 12.1 Å². The minimum Gasteiger partial charge on any atom is -0.453 e. The highest BCUT2D eigenvalue weighted by Crippen LogP contribution is 2.42. The van der Waals surface area contributed by atoms with Crippen molar-refractivity contribution in [3.8, 4) is 17.2 Å². The summed E-state index contributed by atoms with van der Waals surface area (Å²) in [7, 11) is 0. The van der Waals surface area contributed by atoms with E-state index in [1.165, 1.54) is 0 Å². The zero-order valence-corrected chi connectivity index (χ0v) is 23.1. The number of alkyl halides is 4. The monoisotopic (exact) mass is 636 g/mol. The van der Waals surface area contributed by atoms with E-state index in [0.29, 0.717) is 43.0 Å². The SMILES string of the molecule is CCCC1CCC(c2cc(F)c(C(F)(F)Oc3ccc(C(F)(F)Oc4cc(F)c(OC=C(F)F)c(F)c4)cc3)c(F)c2)CC1. The van der Waals surface area contributed by atoms with Crippen molar-refractivity contribution in [1.29, 1.82) is 0 Å². The molecule has 0 aliphatic heterocycles. The molecule has 0 atom stereocenters. The second kappa shape index (κ2) is 13.4. The van der Waals surface area contributed by atoms with Gasteiger partial charge in [-0.3, -0.25) is 0 Å². The molecule has 1 saturated carbocycles. The third-order valence-corrected chi connectivity index (χ3v) is 7.29. The Hall–Kier alpha value is -3.90. The van der Waals surface area contributed by atoms with Crippen LogP contribution in [0.15, 0.2) is 60.9 Å². The predicted octanol–water partition coefficient (Wildman–Crippen LogP) is 10.7. The highest BCUT2D eigenvalue weighted by molar-refractivity contribution is 5.37. The molecule has 0 bridgehead atoms. The van der Waals surface area contributed by atoms with Crippen molar-refractivity contribution in [3.63, 3.8) is 0 Å². The minimum absolute atomic E-state index is 0.172. The summed E-state index contributed by atoms with van der Waals surface area (Å²) in [5.74, 6) is -9.04. The number of hydrogen-bond acceptors (Lipinski definition) is 3. The van der Waals surface area contributed by atoms with Crippen molar-refractivity contribution >= 4 is 0 Å². The summed E-state index contributed by atoms with van der Waals surface area (Å²) < 4.78 is 154. The number of benzene rings is 3. The third kappa shape index (κ3) is 7.78. The first-order chi connectivity index (χ1) is 20.7. The Bertz CT molecular complexity index is 1430. The Labute approximate surface area is 246 Å². The third-order valence-electron chi connectivity index (χ3n) is 7.29. The van der Waals surface area contributed by atoms with E-state index in [1.54, 1.807) is 0 Å². The van der Waals surface area contributed by atoms with Gasteiger partial charge >= 0.3 is 18.3 Å². The normalized spacial score (nSPS) is 17.2. The van der Waals surface area contributed by atoms with Crippen LogP contribution in [0, 0.1) is 29.2 Å². The van der Waals surface area contributed by atoms with Gasteiger partial charge < -0.3 is 14.2 Å². The Morgan fingerprint density at radius 1 is 0.750 bits per heavy atom. The van der Waals surface area contributed by atoms with Gasteiger partial charge in [0.2, 0.25) is 0 Å². The summed E-state index contributed by atoms with van der Waals surface area (Å²) in [5, 5.41) is 0. The first kappa shape index (κ1) is 33.0. The lowest BCUT2D eigenvalue weighted by atomic mass is 9.77. The van der Waals surface area contributed by atoms with Gasteiger partial charge in [0.1, 0.15) is 28.7 Å². The van der Waals surface area contributed by atoms with Crippen molar-refractivity contribution < 1.29 is 58.1 Å². The second-order valence-electron chi connectivity index (χ2n) is 10.4. The summed E-state index contributed by atoms with van der Waals surface area (Å²) in [4.78, 5) is 0. The lowest BCUT2D eigenvalue weighted by Gasteiger charge is -2.29. The van der Waals surface area contributed by atoms with Gasteiger partial charge in [0.05, 0.1) is 5.56 Å². The smallest absolute Gasteiger partial charge is 0.432 e. The van der Waals surface area contributed by atoms with Gasteiger partial charge in [-0.25, -0.2) is 17.6 Å². The fourth-order valence-corrected chi connectivity index (χ4v) is 5.23. The van der Waals surface area contributed by atoms with Crippen molar-refractivity contribution in [3.05, 3.63) is 101 Å². The molecule has 1 fully saturated rings. The highest BCUT2D eigenvalue weighted by atomic mass is 19.3. The molecule has 0 N–H and O–H groups in total. The molecule has 0 heterocycles. The van der Waals surface area contributed by atoms with Crippen LogP contribution in [0.25, 0.3) is 0 Å². The predicted molar refractivity (Wildman–Crippen MR) is 139 cm³/mol. The quantitative estimate of drug-likeness (QED) is 0.155. The summed E-state index contributed by atoms with van der Waals surface area (Å²) in [6.07, 6.45) is -6.29. The Morgan fingerprint density at radius 2 is 1.30 bits per heavy atom. The maximum absolute atomic E-state index is 14.9. The molecule has 1 aliphatic rings. The van der Waals surface area contributed by atoms with Crippen LogP contribution in [0.4, 0.5) is 43.9 Å². The second-order valence-corrected chi connectivity index (χ2v) is 10.4. The van der Waals surface area contributed by atoms with E-state index in [-0.39, 0.29) is 29.9 Å². The Kier molecular flexibility index (Phi) is 10.0. The number of ether oxygens (including phenoxy) is 3. The van der Waals surface area contributed by atoms with E-state index in [9.17, 15) is 43.9 Å². The molecular weight excluding hydrogens is 610 g/mol. The molecule has 0 spiro atoms. The van der Waals surface area contributed by atoms with Crippen LogP contribution in [0.2, 0.25) is 0 Å². The van der Waals surface area contributed by atoms with Crippen LogP contribution in [-0.2, 0) is 12.2 Å². The average molecular weight is 637 g/mol. The minimum atomic E-state index is -4.52. The number of halogens is 10. The fraction of sp³-hybridized carbons (Fsp3) is 0.355. The van der Waals surface area contributed by atoms with Crippen molar-refractivity contribution in [2.24, 2.45) is 5.92 Å². The highest BCUT2D eigenvalue weighted by Gasteiger charge is 2.42. The van der Waals surface area contributed by atoms with Crippen LogP contribution >= 0.6 is 0 Å². The molecule has 1 aliphatic carbocycles. The fourth-order valence-electron chi connectivity index (χ4n) is 5.23. The van der Waals surface area contributed by atoms with Crippen molar-refractivity contribution in [1.82, 2.24) is 0 Å². The molecule has 13 heteroatoms. The molecule has 3 aromatic rings. The van der Waals surface area contributed by atoms with Gasteiger partial charge in [-0.15, -0.1) is 0 Å². The molecule has 238 valence electrons. The van der Waals surface area contributed by atoms with Crippen LogP contribution in [-0.4, -0.2) is 0 Å². The molecule has 3 aromatic carbocycles. The van der Waals surface area contributed by atoms with Crippen LogP contribution in [0.1, 0.15) is 68.1 Å². The Morgan fingerprint density at radius 3 is 1.82 bits per heavy atom. The van der Waals surface area contributed by atoms with Crippen LogP contribution < -0.4 is 14.2 Å². The number of hydrogen-bond donors (Lipinski definition) is 0. The average Bonchev–Trinajstić information content (AvgIpc) is 2.92. The van der Waals surface area contributed by atoms with Crippen LogP contribution in [0.3, 0.4) is 0 Å². The molecular formula is C31H26F10O3. The largest absolute Gasteiger partial charge is 0.453 e. The standard InChI is InChI=1S/C31H26F10O3/c1-2-3-17-4-6-18(7-5-17)19-12-23(32)28(24(33)13-19)31(40,41)43-21-10-8-20(9-11-21)30(38,39)44-22-14-25(34)29(26(35)15-22)42-16-27(36)37/h8-18H,2-7H2,1H3. The molecule has 0 unspecified atom stereocenters. The van der Waals surface area contributed by atoms with Gasteiger partial charge in [-0.05, 0) is 79.5 Å². The van der Waals surface area contributed by atoms with E-state index in [2.05, 4.69) is 21.1 Å². The zero-order valence-electron chi connectivity index (χ0n) is 23.1. The lowest BCUT2D eigenvalue weighted by molar-refractivity contribution is -0.190. The van der Waals surface area contributed by atoms with E-state index in [0.717, 1.165) is 37.8 Å². The molecule has 0 aromatic heterocycles. The van der Waals surface area contributed by atoms with E-state index < -0.39 is 69.9 Å². The van der Waals surface area contributed by atoms with Crippen LogP contribution in [0.5, 0.6) is 17.2 Å². The lowest BCUT2D eigenvalue weighted by Crippen LogP contribution is -2.26. The van der Waals surface area contributed by atoms with E-state index in [4.69, 9.17) is 0 Å². The van der Waals surface area contributed by atoms with E-state index in [1.807, 2.05) is 0 Å². The summed E-state index contributed by atoms with van der Waals surface area (Å²) in [5.41, 5.74) is -2.35. The number of rotatable bonds is 11. The van der Waals surface area contributed by atoms with E-state index >= 15 is 0 Å². The zero-order chi connectivity index (χ0) is 32.2. The summed E-state index contributed by atoms with van der Waals surface area (Å²) >= 11 is 0. The first-order valence-corrected chi connectivity index (χ1v) is 13.6. The van der Waals surface area contributed by atoms with Gasteiger partial charge in [0.15, 0.2) is 23.6 Å². The molecule has 44 heavy (non-hydrogen) atoms. The van der Waals surface area contributed by atoms with Crippen molar-refractivity contribution in [2.75, 3.05) is 0 Å². The maximum atomic E-state index is 14.9. The molecule has 0 amide bonds. The van der Waals surface area contributed by atoms with Gasteiger partial charge in [-0.2, -0.15) is 26.3 Å². The van der Waals surface area contributed by atoms with Gasteiger partial charge in [0.25, 0.3) is 0 Å². The van der Waals surface area contributed by atoms with Gasteiger partial charge in [-0.1, -0.05) is 19.8 Å². The summed E-state index contributed by atoms with van der Waals surface area (Å²) in [6, 6.07) is 4.68. The molecule has 4 rings (SSSR count). The Balaban J connectivity index is 1.45.